The number of hydrogen-bond acceptors (Lipinski definition) is 10. The molecule has 0 saturated heterocycles. The van der Waals surface area contributed by atoms with E-state index in [-0.39, 0.29) is 0 Å². The van der Waals surface area contributed by atoms with Gasteiger partial charge in [-0.2, -0.15) is 0 Å². The molecular formula is C67H58Br3ClO10. The van der Waals surface area contributed by atoms with E-state index in [1.54, 1.807) is 92.0 Å². The van der Waals surface area contributed by atoms with Crippen molar-refractivity contribution in [2.75, 3.05) is 7.11 Å². The highest BCUT2D eigenvalue weighted by Crippen LogP contribution is 2.15. The summed E-state index contributed by atoms with van der Waals surface area (Å²) in [6, 6.07) is 69.3. The van der Waals surface area contributed by atoms with Crippen molar-refractivity contribution in [3.8, 4) is 5.75 Å². The minimum atomic E-state index is 0.529. The average molecular weight is 1300 g/mol. The van der Waals surface area contributed by atoms with Crippen LogP contribution in [0.1, 0.15) is 99.6 Å². The Morgan fingerprint density at radius 3 is 1.17 bits per heavy atom. The zero-order valence-corrected chi connectivity index (χ0v) is 50.0. The van der Waals surface area contributed by atoms with Crippen LogP contribution < -0.4 is 4.74 Å². The lowest BCUT2D eigenvalue weighted by molar-refractivity contribution is -0.107. The molecular weight excluding hydrogens is 1240 g/mol. The van der Waals surface area contributed by atoms with E-state index in [0.717, 1.165) is 97.8 Å². The fourth-order valence-corrected chi connectivity index (χ4v) is 6.79. The lowest BCUT2D eigenvalue weighted by Gasteiger charge is -1.99. The molecule has 0 aliphatic carbocycles. The summed E-state index contributed by atoms with van der Waals surface area (Å²) in [4.78, 5) is 91.1. The number of ether oxygens (including phenoxy) is 1. The van der Waals surface area contributed by atoms with Gasteiger partial charge in [0.2, 0.25) is 0 Å². The van der Waals surface area contributed by atoms with Gasteiger partial charge in [-0.3, -0.25) is 38.4 Å². The lowest BCUT2D eigenvalue weighted by Crippen LogP contribution is -1.88. The standard InChI is InChI=1S/C8H8O2.3C8H8O.3C7H5BrO.C7H5ClO.C7H6O/c1-10-8-5-3-2-4-7(8)6-9;1-7-2-4-8(6-9)5-3-7;1-7-4-2-3-5-8(7)6-9;9-7-6-8-4-2-1-3-5-8;8-7-3-1-6(5-9)2-4-7;8-7-3-1-2-6(4-7)5-9;8-7-4-2-1-3-6(7)5-9;8-7-3-1-6(5-9)2-4-7;8-6-7-4-2-1-3-5-7/h2-6H,1H3;2*2-6H,1H3;1-5,7H,6H2;4*1-5H;1-6H. The van der Waals surface area contributed by atoms with Gasteiger partial charge in [-0.05, 0) is 79.6 Å². The van der Waals surface area contributed by atoms with Crippen molar-refractivity contribution in [1.82, 2.24) is 0 Å². The molecule has 81 heavy (non-hydrogen) atoms. The van der Waals surface area contributed by atoms with Gasteiger partial charge in [0.15, 0.2) is 12.6 Å². The van der Waals surface area contributed by atoms with Crippen LogP contribution >= 0.6 is 59.4 Å². The summed E-state index contributed by atoms with van der Waals surface area (Å²) in [6.07, 6.45) is 8.03. The van der Waals surface area contributed by atoms with Crippen LogP contribution in [0.25, 0.3) is 0 Å². The molecule has 9 rings (SSSR count). The monoisotopic (exact) mass is 1290 g/mol. The van der Waals surface area contributed by atoms with Gasteiger partial charge in [-0.25, -0.2) is 0 Å². The Morgan fingerprint density at radius 2 is 0.778 bits per heavy atom. The second-order valence-corrected chi connectivity index (χ2v) is 19.0. The third-order valence-corrected chi connectivity index (χ3v) is 11.9. The van der Waals surface area contributed by atoms with Gasteiger partial charge in [0.05, 0.1) is 12.7 Å². The molecule has 9 aromatic rings. The van der Waals surface area contributed by atoms with Crippen molar-refractivity contribution in [1.29, 1.82) is 0 Å². The first kappa shape index (κ1) is 70.6. The number of aldehydes is 9. The molecule has 414 valence electrons. The molecule has 0 atom stereocenters. The van der Waals surface area contributed by atoms with Gasteiger partial charge in [0.1, 0.15) is 49.8 Å². The second kappa shape index (κ2) is 45.4. The molecule has 0 amide bonds. The minimum absolute atomic E-state index is 0.529. The number of hydrogen-bond donors (Lipinski definition) is 0. The normalized spacial score (nSPS) is 8.93. The zero-order valence-electron chi connectivity index (χ0n) is 44.4. The molecule has 0 fully saturated rings. The summed E-state index contributed by atoms with van der Waals surface area (Å²) in [5.41, 5.74) is 8.87. The number of carbonyl (C=O) groups excluding carboxylic acids is 9. The number of para-hydroxylation sites is 1. The number of halogens is 4. The van der Waals surface area contributed by atoms with Gasteiger partial charge in [0, 0.05) is 63.8 Å². The summed E-state index contributed by atoms with van der Waals surface area (Å²) < 4.78 is 7.68. The van der Waals surface area contributed by atoms with Crippen molar-refractivity contribution in [2.45, 2.75) is 20.3 Å². The van der Waals surface area contributed by atoms with Crippen molar-refractivity contribution >= 4 is 116 Å². The van der Waals surface area contributed by atoms with Gasteiger partial charge in [-0.1, -0.05) is 241 Å². The van der Waals surface area contributed by atoms with Crippen molar-refractivity contribution in [3.05, 3.63) is 310 Å². The number of carbonyl (C=O) groups is 9. The van der Waals surface area contributed by atoms with Gasteiger partial charge in [0.25, 0.3) is 0 Å². The van der Waals surface area contributed by atoms with Crippen LogP contribution in [0.15, 0.2) is 244 Å². The summed E-state index contributed by atoms with van der Waals surface area (Å²) in [5.74, 6) is 0.623. The molecule has 0 radical (unpaired) electrons. The van der Waals surface area contributed by atoms with Crippen LogP contribution in [0.4, 0.5) is 0 Å². The van der Waals surface area contributed by atoms with Crippen LogP contribution in [-0.4, -0.2) is 63.7 Å². The van der Waals surface area contributed by atoms with E-state index in [1.165, 1.54) is 5.56 Å². The Kier molecular flexibility index (Phi) is 39.6. The summed E-state index contributed by atoms with van der Waals surface area (Å²) in [7, 11) is 1.54. The maximum atomic E-state index is 10.3. The van der Waals surface area contributed by atoms with E-state index < -0.39 is 0 Å². The fraction of sp³-hybridized carbons (Fsp3) is 0.0597. The molecule has 0 heterocycles. The molecule has 10 nitrogen and oxygen atoms in total. The topological polar surface area (TPSA) is 163 Å². The summed E-state index contributed by atoms with van der Waals surface area (Å²) in [6.45, 7) is 3.91. The molecule has 0 aromatic heterocycles. The van der Waals surface area contributed by atoms with E-state index in [2.05, 4.69) is 47.8 Å². The first-order chi connectivity index (χ1) is 39.2. The van der Waals surface area contributed by atoms with Gasteiger partial charge in [-0.15, -0.1) is 0 Å². The molecule has 9 aromatic carbocycles. The van der Waals surface area contributed by atoms with Crippen LogP contribution in [0.5, 0.6) is 5.75 Å². The fourth-order valence-electron chi connectivity index (χ4n) is 5.60. The van der Waals surface area contributed by atoms with Crippen molar-refractivity contribution < 1.29 is 47.9 Å². The highest BCUT2D eigenvalue weighted by molar-refractivity contribution is 9.11. The summed E-state index contributed by atoms with van der Waals surface area (Å²) >= 11 is 15.3. The molecule has 0 aliphatic heterocycles. The molecule has 0 saturated carbocycles. The number of rotatable bonds is 11. The Morgan fingerprint density at radius 1 is 0.370 bits per heavy atom. The van der Waals surface area contributed by atoms with Gasteiger partial charge < -0.3 is 9.53 Å². The van der Waals surface area contributed by atoms with E-state index in [1.807, 2.05) is 159 Å². The zero-order chi connectivity index (χ0) is 59.9. The predicted octanol–water partition coefficient (Wildman–Crippen LogP) is 17.0. The van der Waals surface area contributed by atoms with Crippen LogP contribution in [0.3, 0.4) is 0 Å². The Balaban J connectivity index is 0.000000456. The molecule has 0 bridgehead atoms. The first-order valence-corrected chi connectivity index (χ1v) is 26.9. The maximum absolute atomic E-state index is 10.3. The highest BCUT2D eigenvalue weighted by atomic mass is 79.9. The third-order valence-electron chi connectivity index (χ3n) is 9.92. The number of methoxy groups -OCH3 is 1. The molecule has 14 heteroatoms. The first-order valence-electron chi connectivity index (χ1n) is 24.1. The minimum Gasteiger partial charge on any atom is -0.496 e. The van der Waals surface area contributed by atoms with E-state index in [4.69, 9.17) is 16.3 Å². The Bertz CT molecular complexity index is 3060. The predicted molar refractivity (Wildman–Crippen MR) is 335 cm³/mol. The Hall–Kier alpha value is -8.46. The Labute approximate surface area is 503 Å². The van der Waals surface area contributed by atoms with E-state index >= 15 is 0 Å². The molecule has 0 spiro atoms. The van der Waals surface area contributed by atoms with Crippen molar-refractivity contribution in [3.63, 3.8) is 0 Å². The van der Waals surface area contributed by atoms with E-state index in [9.17, 15) is 43.2 Å². The molecule has 0 aliphatic rings. The van der Waals surface area contributed by atoms with Gasteiger partial charge >= 0.3 is 0 Å². The van der Waals surface area contributed by atoms with Crippen LogP contribution in [0.2, 0.25) is 5.02 Å². The highest BCUT2D eigenvalue weighted by Gasteiger charge is 1.97. The maximum Gasteiger partial charge on any atom is 0.153 e. The quantitative estimate of drug-likeness (QED) is 0.114. The molecule has 0 N–H and O–H groups in total. The molecule has 0 unspecified atom stereocenters. The van der Waals surface area contributed by atoms with Crippen molar-refractivity contribution in [2.24, 2.45) is 0 Å². The van der Waals surface area contributed by atoms with E-state index in [0.29, 0.717) is 45.0 Å². The third kappa shape index (κ3) is 33.6. The van der Waals surface area contributed by atoms with Crippen LogP contribution in [0, 0.1) is 13.8 Å². The van der Waals surface area contributed by atoms with Crippen LogP contribution in [-0.2, 0) is 11.2 Å². The second-order valence-electron chi connectivity index (χ2n) is 15.9. The smallest absolute Gasteiger partial charge is 0.153 e. The SMILES string of the molecule is COc1ccccc1C=O.Cc1ccc(C=O)cc1.Cc1ccccc1C=O.O=CCc1ccccc1.O=Cc1ccc(Br)cc1.O=Cc1ccc(Cl)cc1.O=Cc1cccc(Br)c1.O=Cc1ccccc1.O=Cc1ccccc1Br. The average Bonchev–Trinajstić information content (AvgIpc) is 3.52. The largest absolute Gasteiger partial charge is 0.496 e. The lowest BCUT2D eigenvalue weighted by atomic mass is 10.1. The number of aryl methyl sites for hydroxylation is 2. The summed E-state index contributed by atoms with van der Waals surface area (Å²) in [5, 5.41) is 0.653. The number of benzene rings is 9.